The molecule has 2 fully saturated rings. The third-order valence-corrected chi connectivity index (χ3v) is 6.78. The summed E-state index contributed by atoms with van der Waals surface area (Å²) in [6, 6.07) is 8.57. The number of benzene rings is 1. The number of pyridine rings is 1. The van der Waals surface area contributed by atoms with Gasteiger partial charge in [-0.1, -0.05) is 12.1 Å². The summed E-state index contributed by atoms with van der Waals surface area (Å²) in [6.45, 7) is 5.79. The summed E-state index contributed by atoms with van der Waals surface area (Å²) >= 11 is 0. The van der Waals surface area contributed by atoms with E-state index >= 15 is 0 Å². The van der Waals surface area contributed by atoms with Crippen LogP contribution in [-0.2, 0) is 13.0 Å². The fourth-order valence-electron chi connectivity index (χ4n) is 4.88. The normalized spacial score (nSPS) is 19.4. The molecule has 32 heavy (non-hydrogen) atoms. The lowest BCUT2D eigenvalue weighted by molar-refractivity contribution is 0.0687. The van der Waals surface area contributed by atoms with E-state index in [0.29, 0.717) is 37.0 Å². The molecule has 4 rings (SSSR count). The van der Waals surface area contributed by atoms with Crippen molar-refractivity contribution in [2.24, 2.45) is 11.8 Å². The lowest BCUT2D eigenvalue weighted by Crippen LogP contribution is -2.43. The third kappa shape index (κ3) is 5.78. The number of nitrogens with one attached hydrogen (secondary N) is 1. The Morgan fingerprint density at radius 3 is 2.47 bits per heavy atom. The van der Waals surface area contributed by atoms with Crippen LogP contribution in [0.25, 0.3) is 0 Å². The van der Waals surface area contributed by atoms with Crippen LogP contribution in [0.3, 0.4) is 0 Å². The maximum absolute atomic E-state index is 13.2. The average Bonchev–Trinajstić information content (AvgIpc) is 2.78. The van der Waals surface area contributed by atoms with Gasteiger partial charge in [0.25, 0.3) is 11.5 Å². The van der Waals surface area contributed by atoms with E-state index < -0.39 is 0 Å². The monoisotopic (exact) mass is 461 g/mol. The molecule has 1 amide bonds. The van der Waals surface area contributed by atoms with E-state index in [2.05, 4.69) is 5.32 Å². The van der Waals surface area contributed by atoms with Gasteiger partial charge in [0, 0.05) is 25.8 Å². The van der Waals surface area contributed by atoms with E-state index in [9.17, 15) is 14.0 Å². The van der Waals surface area contributed by atoms with Gasteiger partial charge in [0.15, 0.2) is 0 Å². The summed E-state index contributed by atoms with van der Waals surface area (Å²) < 4.78 is 14.8. The molecule has 0 aliphatic carbocycles. The van der Waals surface area contributed by atoms with Gasteiger partial charge in [-0.05, 0) is 93.3 Å². The third-order valence-electron chi connectivity index (χ3n) is 6.78. The van der Waals surface area contributed by atoms with Crippen molar-refractivity contribution in [1.29, 1.82) is 0 Å². The van der Waals surface area contributed by atoms with Gasteiger partial charge < -0.3 is 14.8 Å². The van der Waals surface area contributed by atoms with Gasteiger partial charge in [-0.3, -0.25) is 9.59 Å². The van der Waals surface area contributed by atoms with Crippen LogP contribution in [0, 0.1) is 24.6 Å². The van der Waals surface area contributed by atoms with Gasteiger partial charge in [-0.15, -0.1) is 12.4 Å². The van der Waals surface area contributed by atoms with Crippen molar-refractivity contribution in [1.82, 2.24) is 14.8 Å². The van der Waals surface area contributed by atoms with Crippen molar-refractivity contribution in [3.05, 3.63) is 69.4 Å². The highest BCUT2D eigenvalue weighted by molar-refractivity contribution is 5.95. The Kier molecular flexibility index (Phi) is 8.49. The van der Waals surface area contributed by atoms with E-state index in [4.69, 9.17) is 0 Å². The van der Waals surface area contributed by atoms with Crippen LogP contribution in [0.15, 0.2) is 41.3 Å². The molecule has 2 aromatic rings. The van der Waals surface area contributed by atoms with E-state index in [-0.39, 0.29) is 29.7 Å². The van der Waals surface area contributed by atoms with E-state index in [1.807, 2.05) is 36.2 Å². The Morgan fingerprint density at radius 2 is 1.81 bits per heavy atom. The second-order valence-corrected chi connectivity index (χ2v) is 9.11. The van der Waals surface area contributed by atoms with Crippen LogP contribution in [0.4, 0.5) is 4.39 Å². The predicted molar refractivity (Wildman–Crippen MR) is 127 cm³/mol. The van der Waals surface area contributed by atoms with Crippen molar-refractivity contribution >= 4 is 18.3 Å². The van der Waals surface area contributed by atoms with Crippen LogP contribution in [0.5, 0.6) is 0 Å². The summed E-state index contributed by atoms with van der Waals surface area (Å²) in [5, 5.41) is 3.39. The lowest BCUT2D eigenvalue weighted by atomic mass is 9.90. The summed E-state index contributed by atoms with van der Waals surface area (Å²) in [4.78, 5) is 28.2. The summed E-state index contributed by atoms with van der Waals surface area (Å²) in [5.41, 5.74) is 2.04. The molecule has 0 bridgehead atoms. The predicted octanol–water partition coefficient (Wildman–Crippen LogP) is 3.81. The first kappa shape index (κ1) is 24.5. The van der Waals surface area contributed by atoms with E-state index in [1.165, 1.54) is 12.1 Å². The zero-order valence-electron chi connectivity index (χ0n) is 18.7. The molecule has 0 spiro atoms. The van der Waals surface area contributed by atoms with Crippen LogP contribution in [0.1, 0.15) is 47.2 Å². The highest BCUT2D eigenvalue weighted by Gasteiger charge is 2.27. The number of hydrogen-bond donors (Lipinski definition) is 1. The molecule has 7 heteroatoms. The molecule has 1 N–H and O–H groups in total. The van der Waals surface area contributed by atoms with Crippen molar-refractivity contribution in [2.45, 2.75) is 45.6 Å². The molecule has 1 unspecified atom stereocenters. The van der Waals surface area contributed by atoms with Crippen molar-refractivity contribution in [2.75, 3.05) is 26.2 Å². The molecular weight excluding hydrogens is 429 g/mol. The molecule has 1 aromatic heterocycles. The van der Waals surface area contributed by atoms with Gasteiger partial charge in [-0.25, -0.2) is 4.39 Å². The molecule has 2 aliphatic rings. The first-order chi connectivity index (χ1) is 15.0. The van der Waals surface area contributed by atoms with Gasteiger partial charge in [0.05, 0.1) is 0 Å². The number of nitrogens with zero attached hydrogens (tertiary/aromatic N) is 2. The molecule has 5 nitrogen and oxygen atoms in total. The van der Waals surface area contributed by atoms with E-state index in [0.717, 1.165) is 56.3 Å². The number of carbonyl (C=O) groups is 1. The molecule has 1 atom stereocenters. The van der Waals surface area contributed by atoms with Gasteiger partial charge in [0.1, 0.15) is 11.4 Å². The number of carbonyl (C=O) groups excluding carboxylic acids is 1. The summed E-state index contributed by atoms with van der Waals surface area (Å²) in [5.74, 6) is 0.549. The molecule has 3 heterocycles. The Balaban J connectivity index is 0.00000289. The topological polar surface area (TPSA) is 54.3 Å². The zero-order chi connectivity index (χ0) is 21.8. The largest absolute Gasteiger partial charge is 0.338 e. The van der Waals surface area contributed by atoms with Crippen molar-refractivity contribution in [3.8, 4) is 0 Å². The quantitative estimate of drug-likeness (QED) is 0.736. The fraction of sp³-hybridized carbons (Fsp3) is 0.520. The molecule has 1 aromatic carbocycles. The highest BCUT2D eigenvalue weighted by atomic mass is 35.5. The molecular formula is C25H33ClFN3O2. The minimum atomic E-state index is -0.215. The first-order valence-electron chi connectivity index (χ1n) is 11.5. The molecule has 174 valence electrons. The smallest absolute Gasteiger partial charge is 0.263 e. The van der Waals surface area contributed by atoms with Crippen LogP contribution >= 0.6 is 12.4 Å². The number of rotatable bonds is 5. The van der Waals surface area contributed by atoms with Crippen LogP contribution < -0.4 is 10.9 Å². The first-order valence-corrected chi connectivity index (χ1v) is 11.5. The molecule has 0 saturated carbocycles. The van der Waals surface area contributed by atoms with Gasteiger partial charge in [-0.2, -0.15) is 0 Å². The second-order valence-electron chi connectivity index (χ2n) is 9.11. The number of hydrogen-bond acceptors (Lipinski definition) is 3. The molecule has 2 aliphatic heterocycles. The van der Waals surface area contributed by atoms with E-state index in [1.54, 1.807) is 4.57 Å². The standard InChI is InChI=1S/C25H32FN3O2.ClH/c1-18-8-12-29(17-21-3-2-11-27-16-21)25(31)23(18)24(30)28-13-9-20(10-14-28)15-19-4-6-22(26)7-5-19;/h4-8,12,20-21,27H,2-3,9-11,13-17H2,1H3;1H. The summed E-state index contributed by atoms with van der Waals surface area (Å²) in [7, 11) is 0. The van der Waals surface area contributed by atoms with Crippen molar-refractivity contribution < 1.29 is 9.18 Å². The number of likely N-dealkylation sites (tertiary alicyclic amines) is 1. The SMILES string of the molecule is Cc1ccn(CC2CCCNC2)c(=O)c1C(=O)N1CCC(Cc2ccc(F)cc2)CC1.Cl. The number of aryl methyl sites for hydroxylation is 1. The number of amides is 1. The maximum atomic E-state index is 13.2. The maximum Gasteiger partial charge on any atom is 0.263 e. The minimum absolute atomic E-state index is 0. The van der Waals surface area contributed by atoms with Crippen LogP contribution in [-0.4, -0.2) is 41.6 Å². The lowest BCUT2D eigenvalue weighted by Gasteiger charge is -2.32. The number of piperidine rings is 2. The second kappa shape index (κ2) is 11.1. The Hall–Kier alpha value is -2.18. The molecule has 0 radical (unpaired) electrons. The molecule has 2 saturated heterocycles. The van der Waals surface area contributed by atoms with Crippen LogP contribution in [0.2, 0.25) is 0 Å². The van der Waals surface area contributed by atoms with Gasteiger partial charge in [0.2, 0.25) is 0 Å². The Bertz CT molecular complexity index is 962. The number of halogens is 2. The minimum Gasteiger partial charge on any atom is -0.338 e. The number of aromatic nitrogens is 1. The average molecular weight is 462 g/mol. The fourth-order valence-corrected chi connectivity index (χ4v) is 4.88. The van der Waals surface area contributed by atoms with Gasteiger partial charge >= 0.3 is 0 Å². The van der Waals surface area contributed by atoms with Crippen molar-refractivity contribution in [3.63, 3.8) is 0 Å². The Labute approximate surface area is 195 Å². The Morgan fingerprint density at radius 1 is 1.09 bits per heavy atom. The highest BCUT2D eigenvalue weighted by Crippen LogP contribution is 2.23. The summed E-state index contributed by atoms with van der Waals surface area (Å²) in [6.07, 6.45) is 6.77. The zero-order valence-corrected chi connectivity index (χ0v) is 19.5.